The van der Waals surface area contributed by atoms with Crippen molar-refractivity contribution in [3.8, 4) is 11.5 Å². The summed E-state index contributed by atoms with van der Waals surface area (Å²) in [5, 5.41) is 3.71. The van der Waals surface area contributed by atoms with Gasteiger partial charge in [-0.2, -0.15) is 0 Å². The molecule has 0 radical (unpaired) electrons. The zero-order valence-electron chi connectivity index (χ0n) is 18.6. The summed E-state index contributed by atoms with van der Waals surface area (Å²) in [7, 11) is -2.10. The molecule has 34 heavy (non-hydrogen) atoms. The number of ether oxygens (including phenoxy) is 2. The average molecular weight is 523 g/mol. The summed E-state index contributed by atoms with van der Waals surface area (Å²) in [6, 6.07) is 18.4. The third-order valence-corrected chi connectivity index (χ3v) is 6.52. The van der Waals surface area contributed by atoms with Crippen LogP contribution in [-0.4, -0.2) is 40.8 Å². The topological polar surface area (TPSA) is 84.9 Å². The fourth-order valence-corrected chi connectivity index (χ4v) is 4.36. The van der Waals surface area contributed by atoms with Crippen LogP contribution in [0, 0.1) is 0 Å². The van der Waals surface area contributed by atoms with E-state index < -0.39 is 10.0 Å². The minimum absolute atomic E-state index is 0.0817. The minimum atomic E-state index is -3.59. The highest BCUT2D eigenvalue weighted by Gasteiger charge is 2.19. The molecule has 3 rings (SSSR count). The van der Waals surface area contributed by atoms with Gasteiger partial charge in [0.2, 0.25) is 10.0 Å². The SMILES string of the molecule is COc1ccc(N(Cc2ccc(C(=O)NCCOc3ccc(Cl)cc3)cc2)S(C)(=O)=O)cc1Cl. The Morgan fingerprint density at radius 3 is 2.26 bits per heavy atom. The van der Waals surface area contributed by atoms with E-state index in [1.807, 2.05) is 0 Å². The second-order valence-electron chi connectivity index (χ2n) is 7.34. The molecule has 0 heterocycles. The number of hydrogen-bond donors (Lipinski definition) is 1. The van der Waals surface area contributed by atoms with E-state index in [0.29, 0.717) is 51.5 Å². The molecule has 0 atom stereocenters. The molecule has 7 nitrogen and oxygen atoms in total. The Kier molecular flexibility index (Phi) is 8.66. The number of halogens is 2. The van der Waals surface area contributed by atoms with E-state index in [4.69, 9.17) is 32.7 Å². The Morgan fingerprint density at radius 2 is 1.68 bits per heavy atom. The maximum Gasteiger partial charge on any atom is 0.251 e. The van der Waals surface area contributed by atoms with Crippen molar-refractivity contribution < 1.29 is 22.7 Å². The summed E-state index contributed by atoms with van der Waals surface area (Å²) >= 11 is 12.0. The van der Waals surface area contributed by atoms with Gasteiger partial charge < -0.3 is 14.8 Å². The minimum Gasteiger partial charge on any atom is -0.495 e. The third-order valence-electron chi connectivity index (χ3n) is 4.84. The molecule has 0 fully saturated rings. The molecule has 0 saturated heterocycles. The first-order chi connectivity index (χ1) is 16.2. The lowest BCUT2D eigenvalue weighted by molar-refractivity contribution is 0.0947. The molecule has 0 bridgehead atoms. The van der Waals surface area contributed by atoms with Crippen LogP contribution < -0.4 is 19.1 Å². The molecule has 3 aromatic carbocycles. The van der Waals surface area contributed by atoms with E-state index in [2.05, 4.69) is 5.32 Å². The molecule has 0 aromatic heterocycles. The second-order valence-corrected chi connectivity index (χ2v) is 10.1. The fraction of sp³-hybridized carbons (Fsp3) is 0.208. The van der Waals surface area contributed by atoms with E-state index in [9.17, 15) is 13.2 Å². The van der Waals surface area contributed by atoms with Gasteiger partial charge in [-0.05, 0) is 60.2 Å². The molecular formula is C24H24Cl2N2O5S. The van der Waals surface area contributed by atoms with Gasteiger partial charge in [0.1, 0.15) is 18.1 Å². The molecule has 10 heteroatoms. The molecule has 0 aliphatic carbocycles. The molecule has 3 aromatic rings. The van der Waals surface area contributed by atoms with Crippen molar-refractivity contribution in [3.05, 3.63) is 87.9 Å². The van der Waals surface area contributed by atoms with Crippen LogP contribution in [0.25, 0.3) is 0 Å². The summed E-state index contributed by atoms with van der Waals surface area (Å²) in [5.41, 5.74) is 1.57. The maximum absolute atomic E-state index is 12.4. The monoisotopic (exact) mass is 522 g/mol. The molecule has 1 N–H and O–H groups in total. The molecule has 0 spiro atoms. The fourth-order valence-electron chi connectivity index (χ4n) is 3.10. The molecule has 0 saturated carbocycles. The number of rotatable bonds is 10. The van der Waals surface area contributed by atoms with Crippen LogP contribution in [-0.2, 0) is 16.6 Å². The summed E-state index contributed by atoms with van der Waals surface area (Å²) in [5.74, 6) is 0.859. The number of hydrogen-bond acceptors (Lipinski definition) is 5. The van der Waals surface area contributed by atoms with Crippen molar-refractivity contribution in [2.24, 2.45) is 0 Å². The first-order valence-electron chi connectivity index (χ1n) is 10.2. The quantitative estimate of drug-likeness (QED) is 0.387. The van der Waals surface area contributed by atoms with Crippen LogP contribution in [0.15, 0.2) is 66.7 Å². The summed E-state index contributed by atoms with van der Waals surface area (Å²) in [6.07, 6.45) is 1.12. The number of nitrogens with zero attached hydrogens (tertiary/aromatic N) is 1. The smallest absolute Gasteiger partial charge is 0.251 e. The predicted octanol–water partition coefficient (Wildman–Crippen LogP) is 4.78. The van der Waals surface area contributed by atoms with Crippen molar-refractivity contribution in [1.82, 2.24) is 5.32 Å². The Hall–Kier alpha value is -2.94. The highest BCUT2D eigenvalue weighted by molar-refractivity contribution is 7.92. The van der Waals surface area contributed by atoms with Crippen molar-refractivity contribution in [2.75, 3.05) is 30.8 Å². The highest BCUT2D eigenvalue weighted by Crippen LogP contribution is 2.31. The van der Waals surface area contributed by atoms with Crippen molar-refractivity contribution in [1.29, 1.82) is 0 Å². The molecule has 0 unspecified atom stereocenters. The normalized spacial score (nSPS) is 11.1. The lowest BCUT2D eigenvalue weighted by atomic mass is 10.1. The van der Waals surface area contributed by atoms with Gasteiger partial charge in [-0.3, -0.25) is 9.10 Å². The number of anilines is 1. The van der Waals surface area contributed by atoms with Crippen LogP contribution in [0.2, 0.25) is 10.0 Å². The van der Waals surface area contributed by atoms with Crippen molar-refractivity contribution in [2.45, 2.75) is 6.54 Å². The van der Waals surface area contributed by atoms with E-state index in [0.717, 1.165) is 6.26 Å². The highest BCUT2D eigenvalue weighted by atomic mass is 35.5. The van der Waals surface area contributed by atoms with E-state index >= 15 is 0 Å². The number of methoxy groups -OCH3 is 1. The molecular weight excluding hydrogens is 499 g/mol. The predicted molar refractivity (Wildman–Crippen MR) is 135 cm³/mol. The standard InChI is InChI=1S/C24H24Cl2N2O5S/c1-32-23-12-9-20(15-22(23)26)28(34(2,30)31)16-17-3-5-18(6-4-17)24(29)27-13-14-33-21-10-7-19(25)8-11-21/h3-12,15H,13-14,16H2,1-2H3,(H,27,29). The zero-order chi connectivity index (χ0) is 24.7. The lowest BCUT2D eigenvalue weighted by Gasteiger charge is -2.23. The van der Waals surface area contributed by atoms with Crippen molar-refractivity contribution >= 4 is 44.8 Å². The van der Waals surface area contributed by atoms with Gasteiger partial charge in [-0.15, -0.1) is 0 Å². The molecule has 0 aliphatic heterocycles. The number of nitrogens with one attached hydrogen (secondary N) is 1. The number of carbonyl (C=O) groups excluding carboxylic acids is 1. The van der Waals surface area contributed by atoms with Gasteiger partial charge >= 0.3 is 0 Å². The van der Waals surface area contributed by atoms with Gasteiger partial charge in [0.25, 0.3) is 5.91 Å². The van der Waals surface area contributed by atoms with Gasteiger partial charge in [0, 0.05) is 10.6 Å². The summed E-state index contributed by atoms with van der Waals surface area (Å²) in [6.45, 7) is 0.709. The Labute approximate surface area is 209 Å². The Bertz CT molecular complexity index is 1230. The second kappa shape index (κ2) is 11.5. The largest absolute Gasteiger partial charge is 0.495 e. The summed E-state index contributed by atoms with van der Waals surface area (Å²) in [4.78, 5) is 12.4. The van der Waals surface area contributed by atoms with Crippen LogP contribution in [0.4, 0.5) is 5.69 Å². The van der Waals surface area contributed by atoms with Gasteiger partial charge in [0.15, 0.2) is 0 Å². The van der Waals surface area contributed by atoms with Crippen LogP contribution in [0.1, 0.15) is 15.9 Å². The van der Waals surface area contributed by atoms with E-state index in [1.54, 1.807) is 60.7 Å². The van der Waals surface area contributed by atoms with Crippen LogP contribution in [0.3, 0.4) is 0 Å². The van der Waals surface area contributed by atoms with Gasteiger partial charge in [-0.1, -0.05) is 35.3 Å². The first kappa shape index (κ1) is 25.7. The van der Waals surface area contributed by atoms with Crippen LogP contribution in [0.5, 0.6) is 11.5 Å². The van der Waals surface area contributed by atoms with Crippen LogP contribution >= 0.6 is 23.2 Å². The maximum atomic E-state index is 12.4. The molecule has 1 amide bonds. The third kappa shape index (κ3) is 7.03. The van der Waals surface area contributed by atoms with E-state index in [-0.39, 0.29) is 12.5 Å². The summed E-state index contributed by atoms with van der Waals surface area (Å²) < 4.78 is 36.7. The number of carbonyl (C=O) groups is 1. The average Bonchev–Trinajstić information content (AvgIpc) is 2.81. The molecule has 0 aliphatic rings. The Morgan fingerprint density at radius 1 is 1.00 bits per heavy atom. The number of benzene rings is 3. The van der Waals surface area contributed by atoms with Crippen molar-refractivity contribution in [3.63, 3.8) is 0 Å². The molecule has 180 valence electrons. The van der Waals surface area contributed by atoms with Gasteiger partial charge in [0.05, 0.1) is 37.2 Å². The Balaban J connectivity index is 1.60. The zero-order valence-corrected chi connectivity index (χ0v) is 21.0. The number of sulfonamides is 1. The first-order valence-corrected chi connectivity index (χ1v) is 12.8. The van der Waals surface area contributed by atoms with E-state index in [1.165, 1.54) is 17.5 Å². The number of amides is 1. The lowest BCUT2D eigenvalue weighted by Crippen LogP contribution is -2.29. The van der Waals surface area contributed by atoms with Gasteiger partial charge in [-0.25, -0.2) is 8.42 Å².